The minimum atomic E-state index is -0.124. The van der Waals surface area contributed by atoms with Crippen molar-refractivity contribution < 1.29 is 4.42 Å². The molecule has 0 aliphatic rings. The van der Waals surface area contributed by atoms with Gasteiger partial charge in [0, 0.05) is 12.2 Å². The number of hydrogen-bond acceptors (Lipinski definition) is 3. The van der Waals surface area contributed by atoms with Gasteiger partial charge in [-0.1, -0.05) is 11.6 Å². The third-order valence-electron chi connectivity index (χ3n) is 2.41. The fraction of sp³-hybridized carbons (Fsp3) is 0.364. The summed E-state index contributed by atoms with van der Waals surface area (Å²) in [4.78, 5) is 0. The number of rotatable bonds is 3. The van der Waals surface area contributed by atoms with Gasteiger partial charge in [0.2, 0.25) is 0 Å². The van der Waals surface area contributed by atoms with Gasteiger partial charge < -0.3 is 10.2 Å². The lowest BCUT2D eigenvalue weighted by Gasteiger charge is -2.18. The summed E-state index contributed by atoms with van der Waals surface area (Å²) >= 11 is 5.85. The Bertz CT molecular complexity index is 435. The molecule has 0 fully saturated rings. The smallest absolute Gasteiger partial charge is 0.130 e. The molecule has 0 aliphatic heterocycles. The lowest BCUT2D eigenvalue weighted by Crippen LogP contribution is -2.30. The molecule has 0 saturated carbocycles. The number of aryl methyl sites for hydroxylation is 1. The third-order valence-corrected chi connectivity index (χ3v) is 2.60. The zero-order chi connectivity index (χ0) is 11.7. The number of nitrogens with zero attached hydrogens (tertiary/aromatic N) is 2. The van der Waals surface area contributed by atoms with E-state index in [1.807, 2.05) is 26.0 Å². The van der Waals surface area contributed by atoms with Crippen molar-refractivity contribution in [2.45, 2.75) is 25.9 Å². The molecular formula is C11H14ClN3O. The summed E-state index contributed by atoms with van der Waals surface area (Å²) in [5.41, 5.74) is 5.96. The Labute approximate surface area is 99.0 Å². The number of furan rings is 1. The first-order valence-electron chi connectivity index (χ1n) is 5.09. The molecule has 2 aromatic rings. The number of nitrogens with two attached hydrogens (primary N) is 1. The van der Waals surface area contributed by atoms with Crippen LogP contribution >= 0.6 is 11.6 Å². The summed E-state index contributed by atoms with van der Waals surface area (Å²) in [5.74, 6) is 1.66. The minimum Gasteiger partial charge on any atom is -0.464 e. The van der Waals surface area contributed by atoms with Crippen molar-refractivity contribution in [3.63, 3.8) is 0 Å². The Balaban J connectivity index is 2.38. The summed E-state index contributed by atoms with van der Waals surface area (Å²) in [6.45, 7) is 3.82. The fourth-order valence-corrected chi connectivity index (χ4v) is 1.85. The maximum absolute atomic E-state index is 5.96. The molecular weight excluding hydrogens is 226 g/mol. The van der Waals surface area contributed by atoms with E-state index in [0.717, 1.165) is 11.5 Å². The van der Waals surface area contributed by atoms with Crippen LogP contribution in [0.3, 0.4) is 0 Å². The highest BCUT2D eigenvalue weighted by Gasteiger charge is 2.22. The van der Waals surface area contributed by atoms with Crippen LogP contribution in [0, 0.1) is 6.92 Å². The fourth-order valence-electron chi connectivity index (χ4n) is 1.71. The van der Waals surface area contributed by atoms with Crippen molar-refractivity contribution >= 4 is 11.6 Å². The van der Waals surface area contributed by atoms with Gasteiger partial charge in [0.15, 0.2) is 0 Å². The molecule has 0 aliphatic carbocycles. The molecule has 2 heterocycles. The van der Waals surface area contributed by atoms with Crippen molar-refractivity contribution in [2.75, 3.05) is 0 Å². The molecule has 0 bridgehead atoms. The van der Waals surface area contributed by atoms with E-state index in [2.05, 4.69) is 5.10 Å². The monoisotopic (exact) mass is 239 g/mol. The average molecular weight is 240 g/mol. The molecule has 0 amide bonds. The highest BCUT2D eigenvalue weighted by atomic mass is 35.5. The highest BCUT2D eigenvalue weighted by molar-refractivity contribution is 6.30. The van der Waals surface area contributed by atoms with E-state index in [1.165, 1.54) is 0 Å². The topological polar surface area (TPSA) is 57.0 Å². The summed E-state index contributed by atoms with van der Waals surface area (Å²) in [6.07, 6.45) is 3.33. The highest BCUT2D eigenvalue weighted by Crippen LogP contribution is 2.23. The van der Waals surface area contributed by atoms with Crippen LogP contribution in [0.15, 0.2) is 28.9 Å². The van der Waals surface area contributed by atoms with E-state index in [0.29, 0.717) is 5.02 Å². The Morgan fingerprint density at radius 3 is 2.69 bits per heavy atom. The molecule has 0 saturated heterocycles. The standard InChI is InChI=1S/C11H14ClN3O/c1-7-3-4-10(16-7)11(8(2)13)15-6-9(12)5-14-15/h3-6,8,11H,13H2,1-2H3. The first kappa shape index (κ1) is 11.2. The van der Waals surface area contributed by atoms with E-state index in [4.69, 9.17) is 21.8 Å². The molecule has 2 aromatic heterocycles. The second-order valence-corrected chi connectivity index (χ2v) is 4.33. The number of aromatic nitrogens is 2. The van der Waals surface area contributed by atoms with Crippen molar-refractivity contribution in [3.8, 4) is 0 Å². The van der Waals surface area contributed by atoms with Crippen molar-refractivity contribution in [1.29, 1.82) is 0 Å². The van der Waals surface area contributed by atoms with Gasteiger partial charge in [-0.25, -0.2) is 0 Å². The molecule has 2 unspecified atom stereocenters. The first-order chi connectivity index (χ1) is 7.58. The molecule has 2 rings (SSSR count). The van der Waals surface area contributed by atoms with Crippen LogP contribution in [-0.2, 0) is 0 Å². The van der Waals surface area contributed by atoms with E-state index < -0.39 is 0 Å². The van der Waals surface area contributed by atoms with Gasteiger partial charge in [0.05, 0.1) is 11.2 Å². The summed E-state index contributed by atoms with van der Waals surface area (Å²) in [7, 11) is 0. The second-order valence-electron chi connectivity index (χ2n) is 3.89. The molecule has 86 valence electrons. The molecule has 0 radical (unpaired) electrons. The van der Waals surface area contributed by atoms with Gasteiger partial charge in [-0.3, -0.25) is 4.68 Å². The van der Waals surface area contributed by atoms with Crippen molar-refractivity contribution in [2.24, 2.45) is 5.73 Å². The Hall–Kier alpha value is -1.26. The molecule has 0 spiro atoms. The Morgan fingerprint density at radius 2 is 2.25 bits per heavy atom. The van der Waals surface area contributed by atoms with Gasteiger partial charge in [-0.2, -0.15) is 5.10 Å². The zero-order valence-electron chi connectivity index (χ0n) is 9.22. The first-order valence-corrected chi connectivity index (χ1v) is 5.47. The quantitative estimate of drug-likeness (QED) is 0.895. The predicted molar refractivity (Wildman–Crippen MR) is 62.5 cm³/mol. The lowest BCUT2D eigenvalue weighted by molar-refractivity contribution is 0.360. The molecule has 5 heteroatoms. The van der Waals surface area contributed by atoms with Gasteiger partial charge in [-0.05, 0) is 26.0 Å². The van der Waals surface area contributed by atoms with Crippen LogP contribution in [0.4, 0.5) is 0 Å². The maximum Gasteiger partial charge on any atom is 0.130 e. The van der Waals surface area contributed by atoms with Gasteiger partial charge in [0.1, 0.15) is 17.6 Å². The SMILES string of the molecule is Cc1ccc(C(C(C)N)n2cc(Cl)cn2)o1. The van der Waals surface area contributed by atoms with E-state index >= 15 is 0 Å². The molecule has 4 nitrogen and oxygen atoms in total. The van der Waals surface area contributed by atoms with Crippen LogP contribution in [0.2, 0.25) is 5.02 Å². The van der Waals surface area contributed by atoms with E-state index in [-0.39, 0.29) is 12.1 Å². The average Bonchev–Trinajstić information content (AvgIpc) is 2.76. The molecule has 2 atom stereocenters. The van der Waals surface area contributed by atoms with Crippen LogP contribution in [0.5, 0.6) is 0 Å². The normalized spacial score (nSPS) is 15.0. The number of halogens is 1. The minimum absolute atomic E-state index is 0.110. The lowest BCUT2D eigenvalue weighted by atomic mass is 10.1. The second kappa shape index (κ2) is 4.31. The molecule has 0 aromatic carbocycles. The Kier molecular flexibility index (Phi) is 3.03. The van der Waals surface area contributed by atoms with Crippen LogP contribution in [0.1, 0.15) is 24.5 Å². The van der Waals surface area contributed by atoms with Crippen LogP contribution in [-0.4, -0.2) is 15.8 Å². The van der Waals surface area contributed by atoms with E-state index in [9.17, 15) is 0 Å². The van der Waals surface area contributed by atoms with Crippen LogP contribution in [0.25, 0.3) is 0 Å². The van der Waals surface area contributed by atoms with Crippen molar-refractivity contribution in [1.82, 2.24) is 9.78 Å². The van der Waals surface area contributed by atoms with Gasteiger partial charge >= 0.3 is 0 Å². The largest absolute Gasteiger partial charge is 0.464 e. The van der Waals surface area contributed by atoms with Crippen molar-refractivity contribution in [3.05, 3.63) is 41.1 Å². The van der Waals surface area contributed by atoms with E-state index in [1.54, 1.807) is 17.1 Å². The third kappa shape index (κ3) is 2.13. The molecule has 2 N–H and O–H groups in total. The molecule has 16 heavy (non-hydrogen) atoms. The van der Waals surface area contributed by atoms with Crippen LogP contribution < -0.4 is 5.73 Å². The van der Waals surface area contributed by atoms with Gasteiger partial charge in [-0.15, -0.1) is 0 Å². The summed E-state index contributed by atoms with van der Waals surface area (Å²) in [6, 6.07) is 3.59. The summed E-state index contributed by atoms with van der Waals surface area (Å²) in [5, 5.41) is 4.76. The predicted octanol–water partition coefficient (Wildman–Crippen LogP) is 2.37. The summed E-state index contributed by atoms with van der Waals surface area (Å²) < 4.78 is 7.31. The maximum atomic E-state index is 5.96. The number of hydrogen-bond donors (Lipinski definition) is 1. The Morgan fingerprint density at radius 1 is 1.50 bits per heavy atom. The zero-order valence-corrected chi connectivity index (χ0v) is 9.98. The van der Waals surface area contributed by atoms with Gasteiger partial charge in [0.25, 0.3) is 0 Å².